The third kappa shape index (κ3) is 1.79. The van der Waals surface area contributed by atoms with Gasteiger partial charge in [-0.15, -0.1) is 11.3 Å². The molecule has 6 heteroatoms. The molecule has 0 aromatic carbocycles. The molecule has 18 heavy (non-hydrogen) atoms. The van der Waals surface area contributed by atoms with Gasteiger partial charge in [-0.1, -0.05) is 11.8 Å². The summed E-state index contributed by atoms with van der Waals surface area (Å²) in [6, 6.07) is 0. The summed E-state index contributed by atoms with van der Waals surface area (Å²) in [6.07, 6.45) is 3.25. The summed E-state index contributed by atoms with van der Waals surface area (Å²) in [5, 5.41) is 10.4. The van der Waals surface area contributed by atoms with Crippen molar-refractivity contribution in [1.82, 2.24) is 9.55 Å². The smallest absolute Gasteiger partial charge is 0.262 e. The zero-order valence-corrected chi connectivity index (χ0v) is 11.7. The predicted molar refractivity (Wildman–Crippen MR) is 74.7 cm³/mol. The molecule has 2 aromatic rings. The summed E-state index contributed by atoms with van der Waals surface area (Å²) in [5.41, 5.74) is 1.28. The molecule has 2 heterocycles. The van der Waals surface area contributed by atoms with Crippen LogP contribution in [0.15, 0.2) is 9.95 Å². The van der Waals surface area contributed by atoms with Crippen LogP contribution in [-0.2, 0) is 19.9 Å². The van der Waals surface area contributed by atoms with Crippen molar-refractivity contribution in [2.45, 2.75) is 24.4 Å². The lowest BCUT2D eigenvalue weighted by molar-refractivity contribution is 0.322. The zero-order valence-electron chi connectivity index (χ0n) is 10.1. The number of hydrogen-bond donors (Lipinski definition) is 1. The number of rotatable bonds is 3. The van der Waals surface area contributed by atoms with Crippen LogP contribution in [0.1, 0.15) is 16.9 Å². The van der Waals surface area contributed by atoms with Gasteiger partial charge in [0, 0.05) is 17.7 Å². The standard InChI is InChI=1S/C12H14N2O2S2/c1-14-11(16)9-7-3-2-4-8(7)18-10(9)13-12(14)17-6-5-15/h15H,2-6H2,1H3. The Hall–Kier alpha value is -0.850. The number of thiophene rings is 1. The third-order valence-corrected chi connectivity index (χ3v) is 5.42. The van der Waals surface area contributed by atoms with Gasteiger partial charge in [0.25, 0.3) is 5.56 Å². The molecule has 1 aliphatic rings. The number of aliphatic hydroxyl groups is 1. The highest BCUT2D eigenvalue weighted by atomic mass is 32.2. The molecule has 0 radical (unpaired) electrons. The van der Waals surface area contributed by atoms with Crippen LogP contribution >= 0.6 is 23.1 Å². The van der Waals surface area contributed by atoms with Gasteiger partial charge in [0.2, 0.25) is 0 Å². The SMILES string of the molecule is Cn1c(SCCO)nc2sc3c(c2c1=O)CCC3. The highest BCUT2D eigenvalue weighted by Crippen LogP contribution is 2.35. The lowest BCUT2D eigenvalue weighted by Crippen LogP contribution is -2.20. The van der Waals surface area contributed by atoms with E-state index in [9.17, 15) is 4.79 Å². The van der Waals surface area contributed by atoms with Crippen LogP contribution in [0.5, 0.6) is 0 Å². The molecule has 0 amide bonds. The summed E-state index contributed by atoms with van der Waals surface area (Å²) in [5.74, 6) is 0.566. The van der Waals surface area contributed by atoms with E-state index in [0.29, 0.717) is 10.9 Å². The van der Waals surface area contributed by atoms with Gasteiger partial charge in [-0.3, -0.25) is 9.36 Å². The van der Waals surface area contributed by atoms with E-state index in [0.717, 1.165) is 29.5 Å². The van der Waals surface area contributed by atoms with Gasteiger partial charge in [-0.05, 0) is 24.8 Å². The number of aryl methyl sites for hydroxylation is 2. The van der Waals surface area contributed by atoms with Crippen molar-refractivity contribution in [3.63, 3.8) is 0 Å². The maximum absolute atomic E-state index is 12.4. The molecule has 0 spiro atoms. The Balaban J connectivity index is 2.20. The molecule has 3 rings (SSSR count). The average Bonchev–Trinajstić information content (AvgIpc) is 2.91. The van der Waals surface area contributed by atoms with Crippen molar-refractivity contribution in [2.75, 3.05) is 12.4 Å². The molecule has 4 nitrogen and oxygen atoms in total. The van der Waals surface area contributed by atoms with Gasteiger partial charge in [0.05, 0.1) is 12.0 Å². The molecule has 96 valence electrons. The molecule has 2 aromatic heterocycles. The summed E-state index contributed by atoms with van der Waals surface area (Å²) in [7, 11) is 1.76. The largest absolute Gasteiger partial charge is 0.396 e. The lowest BCUT2D eigenvalue weighted by Gasteiger charge is -2.06. The van der Waals surface area contributed by atoms with Gasteiger partial charge in [0.15, 0.2) is 5.16 Å². The Bertz CT molecular complexity index is 660. The molecule has 0 fully saturated rings. The number of aromatic nitrogens is 2. The number of nitrogens with zero attached hydrogens (tertiary/aromatic N) is 2. The highest BCUT2D eigenvalue weighted by molar-refractivity contribution is 7.99. The number of fused-ring (bicyclic) bond motifs is 3. The van der Waals surface area contributed by atoms with Crippen molar-refractivity contribution in [3.05, 3.63) is 20.8 Å². The van der Waals surface area contributed by atoms with Crippen LogP contribution in [0, 0.1) is 0 Å². The average molecular weight is 282 g/mol. The van der Waals surface area contributed by atoms with Crippen molar-refractivity contribution < 1.29 is 5.11 Å². The first-order valence-corrected chi connectivity index (χ1v) is 7.77. The van der Waals surface area contributed by atoms with Crippen LogP contribution in [0.3, 0.4) is 0 Å². The summed E-state index contributed by atoms with van der Waals surface area (Å²) in [4.78, 5) is 19.2. The van der Waals surface area contributed by atoms with E-state index in [1.807, 2.05) is 0 Å². The monoisotopic (exact) mass is 282 g/mol. The highest BCUT2D eigenvalue weighted by Gasteiger charge is 2.22. The maximum atomic E-state index is 12.4. The van der Waals surface area contributed by atoms with Gasteiger partial charge < -0.3 is 5.11 Å². The van der Waals surface area contributed by atoms with E-state index in [2.05, 4.69) is 4.98 Å². The van der Waals surface area contributed by atoms with Gasteiger partial charge >= 0.3 is 0 Å². The fourth-order valence-electron chi connectivity index (χ4n) is 2.37. The molecule has 1 N–H and O–H groups in total. The van der Waals surface area contributed by atoms with Crippen molar-refractivity contribution >= 4 is 33.3 Å². The molecule has 0 atom stereocenters. The Labute approximate surface area is 113 Å². The Morgan fingerprint density at radius 3 is 3.11 bits per heavy atom. The lowest BCUT2D eigenvalue weighted by atomic mass is 10.2. The molecular formula is C12H14N2O2S2. The molecule has 1 aliphatic carbocycles. The molecule has 0 unspecified atom stereocenters. The van der Waals surface area contributed by atoms with Gasteiger partial charge in [-0.25, -0.2) is 4.98 Å². The van der Waals surface area contributed by atoms with Crippen LogP contribution in [0.4, 0.5) is 0 Å². The second kappa shape index (κ2) is 4.68. The topological polar surface area (TPSA) is 55.1 Å². The first kappa shape index (κ1) is 12.2. The quantitative estimate of drug-likeness (QED) is 0.686. The van der Waals surface area contributed by atoms with E-state index < -0.39 is 0 Å². The predicted octanol–water partition coefficient (Wildman–Crippen LogP) is 1.57. The minimum Gasteiger partial charge on any atom is -0.396 e. The van der Waals surface area contributed by atoms with E-state index in [-0.39, 0.29) is 12.2 Å². The maximum Gasteiger partial charge on any atom is 0.262 e. The Morgan fingerprint density at radius 1 is 1.50 bits per heavy atom. The van der Waals surface area contributed by atoms with E-state index in [1.165, 1.54) is 22.2 Å². The first-order valence-electron chi connectivity index (χ1n) is 5.97. The summed E-state index contributed by atoms with van der Waals surface area (Å²) >= 11 is 3.08. The second-order valence-corrected chi connectivity index (χ2v) is 6.51. The molecular weight excluding hydrogens is 268 g/mol. The number of aliphatic hydroxyl groups excluding tert-OH is 1. The first-order chi connectivity index (χ1) is 8.72. The summed E-state index contributed by atoms with van der Waals surface area (Å²) in [6.45, 7) is 0.0967. The van der Waals surface area contributed by atoms with E-state index in [1.54, 1.807) is 23.0 Å². The van der Waals surface area contributed by atoms with Crippen LogP contribution in [0.2, 0.25) is 0 Å². The minimum atomic E-state index is 0.0554. The van der Waals surface area contributed by atoms with Crippen LogP contribution in [-0.4, -0.2) is 27.0 Å². The van der Waals surface area contributed by atoms with Crippen molar-refractivity contribution in [1.29, 1.82) is 0 Å². The second-order valence-electron chi connectivity index (χ2n) is 4.37. The van der Waals surface area contributed by atoms with E-state index in [4.69, 9.17) is 5.11 Å². The van der Waals surface area contributed by atoms with Crippen molar-refractivity contribution in [2.24, 2.45) is 7.05 Å². The molecule has 0 saturated heterocycles. The van der Waals surface area contributed by atoms with Crippen molar-refractivity contribution in [3.8, 4) is 0 Å². The fraction of sp³-hybridized carbons (Fsp3) is 0.500. The minimum absolute atomic E-state index is 0.0554. The van der Waals surface area contributed by atoms with Crippen LogP contribution in [0.25, 0.3) is 10.2 Å². The zero-order chi connectivity index (χ0) is 12.7. The van der Waals surface area contributed by atoms with Gasteiger partial charge in [-0.2, -0.15) is 0 Å². The third-order valence-electron chi connectivity index (χ3n) is 3.23. The molecule has 0 aliphatic heterocycles. The Kier molecular flexibility index (Phi) is 3.17. The molecule has 0 bridgehead atoms. The van der Waals surface area contributed by atoms with Gasteiger partial charge in [0.1, 0.15) is 4.83 Å². The molecule has 0 saturated carbocycles. The fourth-order valence-corrected chi connectivity index (χ4v) is 4.39. The normalized spacial score (nSPS) is 14.3. The van der Waals surface area contributed by atoms with Crippen LogP contribution < -0.4 is 5.56 Å². The summed E-state index contributed by atoms with van der Waals surface area (Å²) < 4.78 is 1.61. The number of hydrogen-bond acceptors (Lipinski definition) is 5. The van der Waals surface area contributed by atoms with E-state index >= 15 is 0 Å². The Morgan fingerprint density at radius 2 is 2.33 bits per heavy atom. The number of thioether (sulfide) groups is 1.